The van der Waals surface area contributed by atoms with Gasteiger partial charge in [0.05, 0.1) is 11.8 Å². The predicted octanol–water partition coefficient (Wildman–Crippen LogP) is 2.31. The molecule has 168 valence electrons. The van der Waals surface area contributed by atoms with Gasteiger partial charge in [-0.25, -0.2) is 4.68 Å². The Balaban J connectivity index is 1.38. The summed E-state index contributed by atoms with van der Waals surface area (Å²) in [6.45, 7) is 1.81. The molecule has 1 aliphatic heterocycles. The van der Waals surface area contributed by atoms with Crippen molar-refractivity contribution in [3.8, 4) is 11.4 Å². The molecule has 3 aromatic rings. The molecule has 1 amide bonds. The second-order valence-corrected chi connectivity index (χ2v) is 8.01. The number of carbonyl (C=O) groups is 1. The van der Waals surface area contributed by atoms with E-state index in [0.29, 0.717) is 18.8 Å². The van der Waals surface area contributed by atoms with E-state index in [9.17, 15) is 4.79 Å². The third-order valence-corrected chi connectivity index (χ3v) is 5.44. The molecule has 0 saturated carbocycles. The number of anilines is 1. The molecular formula is C23H28N6O3. The molecule has 1 aromatic heterocycles. The summed E-state index contributed by atoms with van der Waals surface area (Å²) in [4.78, 5) is 16.9. The van der Waals surface area contributed by atoms with Crippen LogP contribution >= 0.6 is 0 Å². The lowest BCUT2D eigenvalue weighted by atomic mass is 10.1. The lowest BCUT2D eigenvalue weighted by Crippen LogP contribution is -2.39. The Bertz CT molecular complexity index is 984. The minimum Gasteiger partial charge on any atom is -0.484 e. The molecule has 2 heterocycles. The summed E-state index contributed by atoms with van der Waals surface area (Å²) in [7, 11) is 4.02. The number of hydrogen-bond acceptors (Lipinski definition) is 7. The Morgan fingerprint density at radius 1 is 1.16 bits per heavy atom. The Morgan fingerprint density at radius 2 is 1.94 bits per heavy atom. The zero-order valence-electron chi connectivity index (χ0n) is 18.4. The first kappa shape index (κ1) is 21.8. The highest BCUT2D eigenvalue weighted by Crippen LogP contribution is 2.19. The normalized spacial score (nSPS) is 15.5. The Kier molecular flexibility index (Phi) is 6.96. The van der Waals surface area contributed by atoms with E-state index >= 15 is 0 Å². The van der Waals surface area contributed by atoms with E-state index in [0.717, 1.165) is 36.4 Å². The number of aromatic nitrogens is 4. The number of amides is 1. The van der Waals surface area contributed by atoms with Gasteiger partial charge in [0, 0.05) is 39.5 Å². The van der Waals surface area contributed by atoms with Gasteiger partial charge in [-0.05, 0) is 65.2 Å². The van der Waals surface area contributed by atoms with Gasteiger partial charge < -0.3 is 19.3 Å². The molecule has 9 nitrogen and oxygen atoms in total. The minimum atomic E-state index is -0.0678. The van der Waals surface area contributed by atoms with E-state index in [-0.39, 0.29) is 18.6 Å². The fourth-order valence-corrected chi connectivity index (χ4v) is 3.62. The number of carbonyl (C=O) groups excluding carboxylic acids is 1. The molecule has 1 fully saturated rings. The second kappa shape index (κ2) is 10.2. The van der Waals surface area contributed by atoms with Crippen LogP contribution in [-0.4, -0.2) is 71.0 Å². The van der Waals surface area contributed by atoms with Crippen molar-refractivity contribution in [1.82, 2.24) is 25.1 Å². The third-order valence-electron chi connectivity index (χ3n) is 5.44. The molecule has 0 aliphatic carbocycles. The highest BCUT2D eigenvalue weighted by Gasteiger charge is 2.23. The number of nitrogens with zero attached hydrogens (tertiary/aromatic N) is 6. The van der Waals surface area contributed by atoms with Crippen LogP contribution in [0, 0.1) is 0 Å². The summed E-state index contributed by atoms with van der Waals surface area (Å²) >= 11 is 0. The summed E-state index contributed by atoms with van der Waals surface area (Å²) in [5.41, 5.74) is 3.02. The maximum Gasteiger partial charge on any atom is 0.260 e. The average Bonchev–Trinajstić information content (AvgIpc) is 3.52. The van der Waals surface area contributed by atoms with Crippen molar-refractivity contribution in [3.05, 3.63) is 60.4 Å². The lowest BCUT2D eigenvalue weighted by Gasteiger charge is -2.26. The van der Waals surface area contributed by atoms with Gasteiger partial charge in [-0.3, -0.25) is 4.79 Å². The van der Waals surface area contributed by atoms with Gasteiger partial charge in [-0.2, -0.15) is 0 Å². The maximum atomic E-state index is 13.0. The molecule has 0 spiro atoms. The largest absolute Gasteiger partial charge is 0.484 e. The quantitative estimate of drug-likeness (QED) is 0.509. The summed E-state index contributed by atoms with van der Waals surface area (Å²) in [5.74, 6) is 0.546. The van der Waals surface area contributed by atoms with Crippen molar-refractivity contribution in [3.63, 3.8) is 0 Å². The molecule has 0 N–H and O–H groups in total. The number of rotatable bonds is 9. The van der Waals surface area contributed by atoms with Crippen molar-refractivity contribution < 1.29 is 14.3 Å². The molecule has 2 aromatic carbocycles. The fraction of sp³-hybridized carbons (Fsp3) is 0.391. The fourth-order valence-electron chi connectivity index (χ4n) is 3.62. The summed E-state index contributed by atoms with van der Waals surface area (Å²) in [5, 5.41) is 11.1. The molecule has 1 atom stereocenters. The number of tetrazole rings is 1. The molecule has 9 heteroatoms. The molecule has 32 heavy (non-hydrogen) atoms. The van der Waals surface area contributed by atoms with Crippen LogP contribution < -0.4 is 9.64 Å². The van der Waals surface area contributed by atoms with Gasteiger partial charge in [-0.1, -0.05) is 12.1 Å². The first-order valence-electron chi connectivity index (χ1n) is 10.7. The van der Waals surface area contributed by atoms with E-state index in [1.165, 1.54) is 6.33 Å². The molecule has 1 unspecified atom stereocenters. The predicted molar refractivity (Wildman–Crippen MR) is 120 cm³/mol. The van der Waals surface area contributed by atoms with Crippen LogP contribution in [0.2, 0.25) is 0 Å². The average molecular weight is 437 g/mol. The number of ether oxygens (including phenoxy) is 2. The zero-order valence-corrected chi connectivity index (χ0v) is 18.4. The van der Waals surface area contributed by atoms with Gasteiger partial charge in [0.25, 0.3) is 5.91 Å². The zero-order chi connectivity index (χ0) is 22.3. The van der Waals surface area contributed by atoms with Crippen LogP contribution in [0.1, 0.15) is 18.4 Å². The van der Waals surface area contributed by atoms with E-state index in [1.807, 2.05) is 31.1 Å². The Labute approximate surface area is 187 Å². The van der Waals surface area contributed by atoms with Crippen molar-refractivity contribution in [2.45, 2.75) is 25.5 Å². The van der Waals surface area contributed by atoms with Crippen LogP contribution in [0.25, 0.3) is 5.69 Å². The summed E-state index contributed by atoms with van der Waals surface area (Å²) < 4.78 is 13.1. The lowest BCUT2D eigenvalue weighted by molar-refractivity contribution is -0.135. The first-order valence-corrected chi connectivity index (χ1v) is 10.7. The van der Waals surface area contributed by atoms with E-state index in [4.69, 9.17) is 9.47 Å². The van der Waals surface area contributed by atoms with Gasteiger partial charge in [0.1, 0.15) is 12.1 Å². The van der Waals surface area contributed by atoms with Gasteiger partial charge in [-0.15, -0.1) is 5.10 Å². The Hall–Kier alpha value is -3.46. The van der Waals surface area contributed by atoms with Gasteiger partial charge >= 0.3 is 0 Å². The maximum absolute atomic E-state index is 13.0. The van der Waals surface area contributed by atoms with E-state index < -0.39 is 0 Å². The highest BCUT2D eigenvalue weighted by molar-refractivity contribution is 5.78. The molecule has 0 bridgehead atoms. The SMILES string of the molecule is CN(C)c1ccc(CN(CC2CCCO2)C(=O)COc2ccc(-n3cnnn3)cc2)cc1. The second-order valence-electron chi connectivity index (χ2n) is 8.01. The molecule has 4 rings (SSSR count). The van der Waals surface area contributed by atoms with Crippen LogP contribution in [0.15, 0.2) is 54.9 Å². The van der Waals surface area contributed by atoms with E-state index in [2.05, 4.69) is 44.7 Å². The minimum absolute atomic E-state index is 0.0350. The van der Waals surface area contributed by atoms with E-state index in [1.54, 1.807) is 16.8 Å². The monoisotopic (exact) mass is 436 g/mol. The van der Waals surface area contributed by atoms with Crippen LogP contribution in [-0.2, 0) is 16.1 Å². The topological polar surface area (TPSA) is 85.6 Å². The highest BCUT2D eigenvalue weighted by atomic mass is 16.5. The van der Waals surface area contributed by atoms with Crippen molar-refractivity contribution in [1.29, 1.82) is 0 Å². The summed E-state index contributed by atoms with van der Waals surface area (Å²) in [6, 6.07) is 15.5. The van der Waals surface area contributed by atoms with Gasteiger partial charge in [0.15, 0.2) is 6.61 Å². The molecular weight excluding hydrogens is 408 g/mol. The third kappa shape index (κ3) is 5.61. The van der Waals surface area contributed by atoms with Gasteiger partial charge in [0.2, 0.25) is 0 Å². The Morgan fingerprint density at radius 3 is 2.56 bits per heavy atom. The van der Waals surface area contributed by atoms with Crippen molar-refractivity contribution >= 4 is 11.6 Å². The molecule has 0 radical (unpaired) electrons. The number of benzene rings is 2. The van der Waals surface area contributed by atoms with Crippen molar-refractivity contribution in [2.75, 3.05) is 38.8 Å². The summed E-state index contributed by atoms with van der Waals surface area (Å²) in [6.07, 6.45) is 3.61. The van der Waals surface area contributed by atoms with Crippen LogP contribution in [0.5, 0.6) is 5.75 Å². The molecule has 1 aliphatic rings. The molecule has 1 saturated heterocycles. The number of hydrogen-bond donors (Lipinski definition) is 0. The van der Waals surface area contributed by atoms with Crippen LogP contribution in [0.3, 0.4) is 0 Å². The first-order chi connectivity index (χ1) is 15.6. The van der Waals surface area contributed by atoms with Crippen LogP contribution in [0.4, 0.5) is 5.69 Å². The standard InChI is InChI=1S/C23H28N6O3/c1-27(2)19-7-5-18(6-8-19)14-28(15-22-4-3-13-31-22)23(30)16-32-21-11-9-20(10-12-21)29-17-24-25-26-29/h5-12,17,22H,3-4,13-16H2,1-2H3. The van der Waals surface area contributed by atoms with Crippen molar-refractivity contribution in [2.24, 2.45) is 0 Å². The smallest absolute Gasteiger partial charge is 0.260 e.